The molecule has 0 saturated heterocycles. The summed E-state index contributed by atoms with van der Waals surface area (Å²) in [5, 5.41) is 5.03. The molecule has 0 spiro atoms. The molecule has 0 aliphatic carbocycles. The highest BCUT2D eigenvalue weighted by Crippen LogP contribution is 2.37. The Morgan fingerprint density at radius 1 is 0.750 bits per heavy atom. The third-order valence-electron chi connectivity index (χ3n) is 5.96. The van der Waals surface area contributed by atoms with Crippen LogP contribution < -0.4 is 10.6 Å². The molecule has 0 radical (unpaired) electrons. The van der Waals surface area contributed by atoms with Crippen molar-refractivity contribution in [3.8, 4) is 11.3 Å². The van der Waals surface area contributed by atoms with Crippen molar-refractivity contribution in [2.75, 3.05) is 10.6 Å². The third-order valence-corrected chi connectivity index (χ3v) is 5.96. The van der Waals surface area contributed by atoms with E-state index in [1.165, 1.54) is 67.6 Å². The number of rotatable bonds is 9. The van der Waals surface area contributed by atoms with E-state index in [9.17, 15) is 32.3 Å². The Labute approximate surface area is 227 Å². The molecular formula is C30H23F3N2O5. The van der Waals surface area contributed by atoms with Crippen molar-refractivity contribution in [2.24, 2.45) is 0 Å². The smallest absolute Gasteiger partial charge is 0.417 e. The van der Waals surface area contributed by atoms with Crippen LogP contribution in [0, 0.1) is 0 Å². The van der Waals surface area contributed by atoms with Crippen LogP contribution in [-0.2, 0) is 22.2 Å². The minimum atomic E-state index is -4.55. The largest absolute Gasteiger partial charge is 0.461 e. The molecule has 0 saturated carbocycles. The molecule has 0 atom stereocenters. The van der Waals surface area contributed by atoms with Gasteiger partial charge >= 0.3 is 6.18 Å². The molecule has 10 heteroatoms. The van der Waals surface area contributed by atoms with Crippen molar-refractivity contribution in [1.82, 2.24) is 0 Å². The molecule has 40 heavy (non-hydrogen) atoms. The van der Waals surface area contributed by atoms with E-state index in [1.807, 2.05) is 0 Å². The normalized spacial score (nSPS) is 11.1. The van der Waals surface area contributed by atoms with Crippen LogP contribution in [0.3, 0.4) is 0 Å². The molecule has 4 aromatic rings. The lowest BCUT2D eigenvalue weighted by atomic mass is 10.1. The summed E-state index contributed by atoms with van der Waals surface area (Å²) in [7, 11) is 0. The van der Waals surface area contributed by atoms with Crippen LogP contribution in [-0.4, -0.2) is 23.4 Å². The molecule has 0 aliphatic rings. The van der Waals surface area contributed by atoms with E-state index in [2.05, 4.69) is 10.6 Å². The minimum Gasteiger partial charge on any atom is -0.461 e. The summed E-state index contributed by atoms with van der Waals surface area (Å²) in [6.07, 6.45) is -4.57. The maximum Gasteiger partial charge on any atom is 0.417 e. The van der Waals surface area contributed by atoms with Gasteiger partial charge in [0.15, 0.2) is 5.78 Å². The van der Waals surface area contributed by atoms with Gasteiger partial charge in [0.05, 0.1) is 22.5 Å². The van der Waals surface area contributed by atoms with Gasteiger partial charge in [0.2, 0.25) is 5.91 Å². The second-order valence-corrected chi connectivity index (χ2v) is 8.79. The SMILES string of the molecule is CC(=O)c1ccccc1NC(=O)C(=O)c1ccccc1NC(=O)CCc1ccc(-c2ccccc2C(F)(F)F)o1. The number of carbonyl (C=O) groups excluding carboxylic acids is 4. The van der Waals surface area contributed by atoms with E-state index in [-0.39, 0.29) is 52.5 Å². The highest BCUT2D eigenvalue weighted by Gasteiger charge is 2.34. The number of ketones is 2. The molecule has 4 rings (SSSR count). The Bertz CT molecular complexity index is 1590. The summed E-state index contributed by atoms with van der Waals surface area (Å²) in [4.78, 5) is 50.1. The number of carbonyl (C=O) groups is 4. The summed E-state index contributed by atoms with van der Waals surface area (Å²) in [5.41, 5.74) is -0.464. The van der Waals surface area contributed by atoms with Crippen LogP contribution in [0.2, 0.25) is 0 Å². The van der Waals surface area contributed by atoms with Crippen molar-refractivity contribution in [3.05, 3.63) is 107 Å². The molecule has 0 unspecified atom stereocenters. The summed E-state index contributed by atoms with van der Waals surface area (Å²) in [6, 6.07) is 20.1. The second-order valence-electron chi connectivity index (χ2n) is 8.79. The van der Waals surface area contributed by atoms with Gasteiger partial charge in [0, 0.05) is 24.0 Å². The molecule has 7 nitrogen and oxygen atoms in total. The zero-order valence-electron chi connectivity index (χ0n) is 21.2. The standard InChI is InChI=1S/C30H23F3N2O5/c1-18(36)20-8-3-6-12-24(20)35-29(39)28(38)22-10-4-7-13-25(22)34-27(37)17-15-19-14-16-26(40-19)21-9-2-5-11-23(21)30(31,32)33/h2-14,16H,15,17H2,1H3,(H,34,37)(H,35,39). The van der Waals surface area contributed by atoms with Crippen LogP contribution in [0.5, 0.6) is 0 Å². The van der Waals surface area contributed by atoms with E-state index in [1.54, 1.807) is 18.2 Å². The van der Waals surface area contributed by atoms with Gasteiger partial charge in [-0.3, -0.25) is 19.2 Å². The Balaban J connectivity index is 1.42. The average molecular weight is 549 g/mol. The van der Waals surface area contributed by atoms with Crippen LogP contribution >= 0.6 is 0 Å². The predicted molar refractivity (Wildman–Crippen MR) is 142 cm³/mol. The molecule has 2 N–H and O–H groups in total. The molecule has 0 aliphatic heterocycles. The fourth-order valence-corrected chi connectivity index (χ4v) is 4.04. The van der Waals surface area contributed by atoms with Gasteiger partial charge in [-0.25, -0.2) is 0 Å². The quantitative estimate of drug-likeness (QED) is 0.182. The summed E-state index contributed by atoms with van der Waals surface area (Å²) in [5.74, 6) is -2.38. The first-order valence-corrected chi connectivity index (χ1v) is 12.1. The molecule has 0 bridgehead atoms. The maximum absolute atomic E-state index is 13.3. The first kappa shape index (κ1) is 28.0. The number of Topliss-reactive ketones (excluding diaryl/α,β-unsaturated/α-hetero) is 2. The van der Waals surface area contributed by atoms with Gasteiger partial charge in [0.25, 0.3) is 11.7 Å². The Hall–Kier alpha value is -4.99. The van der Waals surface area contributed by atoms with E-state index in [4.69, 9.17) is 4.42 Å². The number of hydrogen-bond donors (Lipinski definition) is 2. The van der Waals surface area contributed by atoms with Crippen molar-refractivity contribution >= 4 is 34.8 Å². The van der Waals surface area contributed by atoms with Crippen molar-refractivity contribution in [3.63, 3.8) is 0 Å². The zero-order chi connectivity index (χ0) is 28.9. The average Bonchev–Trinajstić information content (AvgIpc) is 3.40. The molecule has 1 heterocycles. The van der Waals surface area contributed by atoms with Crippen molar-refractivity contribution in [2.45, 2.75) is 25.9 Å². The van der Waals surface area contributed by atoms with Crippen LogP contribution in [0.4, 0.5) is 24.5 Å². The molecule has 1 aromatic heterocycles. The van der Waals surface area contributed by atoms with Crippen LogP contribution in [0.1, 0.15) is 45.4 Å². The van der Waals surface area contributed by atoms with E-state index >= 15 is 0 Å². The number of nitrogens with one attached hydrogen (secondary N) is 2. The van der Waals surface area contributed by atoms with Crippen molar-refractivity contribution in [1.29, 1.82) is 0 Å². The van der Waals surface area contributed by atoms with Gasteiger partial charge in [-0.2, -0.15) is 13.2 Å². The predicted octanol–water partition coefficient (Wildman–Crippen LogP) is 6.56. The van der Waals surface area contributed by atoms with Gasteiger partial charge < -0.3 is 15.1 Å². The molecular weight excluding hydrogens is 525 g/mol. The van der Waals surface area contributed by atoms with Crippen LogP contribution in [0.25, 0.3) is 11.3 Å². The first-order chi connectivity index (χ1) is 19.0. The third kappa shape index (κ3) is 6.52. The van der Waals surface area contributed by atoms with Gasteiger partial charge in [-0.15, -0.1) is 0 Å². The lowest BCUT2D eigenvalue weighted by Crippen LogP contribution is -2.25. The number of benzene rings is 3. The number of aryl methyl sites for hydroxylation is 1. The van der Waals surface area contributed by atoms with Gasteiger partial charge in [-0.05, 0) is 49.4 Å². The first-order valence-electron chi connectivity index (χ1n) is 12.1. The summed E-state index contributed by atoms with van der Waals surface area (Å²) < 4.78 is 45.6. The number of hydrogen-bond acceptors (Lipinski definition) is 5. The van der Waals surface area contributed by atoms with E-state index in [0.29, 0.717) is 5.76 Å². The van der Waals surface area contributed by atoms with Gasteiger partial charge in [-0.1, -0.05) is 42.5 Å². The van der Waals surface area contributed by atoms with Gasteiger partial charge in [0.1, 0.15) is 11.5 Å². The lowest BCUT2D eigenvalue weighted by molar-refractivity contribution is -0.137. The number of furan rings is 1. The highest BCUT2D eigenvalue weighted by molar-refractivity contribution is 6.47. The number of amides is 2. The maximum atomic E-state index is 13.3. The zero-order valence-corrected chi connectivity index (χ0v) is 21.2. The van der Waals surface area contributed by atoms with E-state index in [0.717, 1.165) is 6.07 Å². The number of anilines is 2. The van der Waals surface area contributed by atoms with E-state index < -0.39 is 29.3 Å². The molecule has 3 aromatic carbocycles. The highest BCUT2D eigenvalue weighted by atomic mass is 19.4. The molecule has 0 fully saturated rings. The molecule has 204 valence electrons. The molecule has 2 amide bonds. The number of para-hydroxylation sites is 2. The number of alkyl halides is 3. The summed E-state index contributed by atoms with van der Waals surface area (Å²) in [6.45, 7) is 1.34. The number of halogens is 3. The monoisotopic (exact) mass is 548 g/mol. The van der Waals surface area contributed by atoms with Crippen molar-refractivity contribution < 1.29 is 36.8 Å². The summed E-state index contributed by atoms with van der Waals surface area (Å²) >= 11 is 0. The Kier molecular flexibility index (Phi) is 8.28. The lowest BCUT2D eigenvalue weighted by Gasteiger charge is -2.12. The Morgan fingerprint density at radius 3 is 2.02 bits per heavy atom. The Morgan fingerprint density at radius 2 is 1.35 bits per heavy atom. The fourth-order valence-electron chi connectivity index (χ4n) is 4.04. The van der Waals surface area contributed by atoms with Crippen LogP contribution in [0.15, 0.2) is 89.3 Å². The topological polar surface area (TPSA) is 105 Å². The fraction of sp³-hybridized carbons (Fsp3) is 0.133. The second kappa shape index (κ2) is 11.8. The minimum absolute atomic E-state index is 0.0247.